The van der Waals surface area contributed by atoms with Gasteiger partial charge in [0.1, 0.15) is 12.3 Å². The van der Waals surface area contributed by atoms with Crippen molar-refractivity contribution in [1.82, 2.24) is 5.43 Å². The molecule has 1 N–H and O–H groups in total. The van der Waals surface area contributed by atoms with Crippen LogP contribution in [-0.2, 0) is 14.8 Å². The SMILES string of the molecule is CCOc1ccc(/C=N\NC(=O)CN(c2cc(Cl)cc(Cl)c2)S(=O)(=O)c2ccc(C)cc2)cc1. The Hall–Kier alpha value is -3.07. The van der Waals surface area contributed by atoms with Crippen LogP contribution in [0.2, 0.25) is 10.0 Å². The van der Waals surface area contributed by atoms with Crippen molar-refractivity contribution in [3.63, 3.8) is 0 Å². The molecule has 34 heavy (non-hydrogen) atoms. The molecule has 10 heteroatoms. The van der Waals surface area contributed by atoms with Crippen molar-refractivity contribution in [3.8, 4) is 5.75 Å². The van der Waals surface area contributed by atoms with Crippen LogP contribution in [0.15, 0.2) is 76.7 Å². The van der Waals surface area contributed by atoms with E-state index < -0.39 is 22.5 Å². The number of ether oxygens (including phenoxy) is 1. The van der Waals surface area contributed by atoms with E-state index in [1.54, 1.807) is 36.4 Å². The minimum atomic E-state index is -4.10. The molecule has 0 aliphatic carbocycles. The monoisotopic (exact) mass is 519 g/mol. The number of hydrogen-bond donors (Lipinski definition) is 1. The normalized spacial score (nSPS) is 11.4. The highest BCUT2D eigenvalue weighted by molar-refractivity contribution is 7.92. The van der Waals surface area contributed by atoms with Crippen molar-refractivity contribution < 1.29 is 17.9 Å². The van der Waals surface area contributed by atoms with Crippen LogP contribution in [0, 0.1) is 6.92 Å². The number of aryl methyl sites for hydroxylation is 1. The van der Waals surface area contributed by atoms with Gasteiger partial charge in [0.15, 0.2) is 0 Å². The lowest BCUT2D eigenvalue weighted by molar-refractivity contribution is -0.119. The average molecular weight is 520 g/mol. The summed E-state index contributed by atoms with van der Waals surface area (Å²) in [7, 11) is -4.10. The highest BCUT2D eigenvalue weighted by Crippen LogP contribution is 2.29. The van der Waals surface area contributed by atoms with Gasteiger partial charge in [0.05, 0.1) is 23.4 Å². The van der Waals surface area contributed by atoms with Crippen molar-refractivity contribution in [2.45, 2.75) is 18.7 Å². The van der Waals surface area contributed by atoms with Gasteiger partial charge in [-0.15, -0.1) is 0 Å². The Morgan fingerprint density at radius 1 is 1.03 bits per heavy atom. The maximum Gasteiger partial charge on any atom is 0.264 e. The third kappa shape index (κ3) is 6.72. The van der Waals surface area contributed by atoms with Crippen LogP contribution < -0.4 is 14.5 Å². The van der Waals surface area contributed by atoms with Crippen LogP contribution in [0.3, 0.4) is 0 Å². The molecule has 3 rings (SSSR count). The Bertz CT molecular complexity index is 1260. The summed E-state index contributed by atoms with van der Waals surface area (Å²) in [5, 5.41) is 4.40. The van der Waals surface area contributed by atoms with Crippen molar-refractivity contribution in [3.05, 3.63) is 87.9 Å². The topological polar surface area (TPSA) is 88.1 Å². The highest BCUT2D eigenvalue weighted by Gasteiger charge is 2.27. The molecule has 1 amide bonds. The van der Waals surface area contributed by atoms with E-state index in [-0.39, 0.29) is 20.6 Å². The summed E-state index contributed by atoms with van der Waals surface area (Å²) in [6.07, 6.45) is 1.45. The van der Waals surface area contributed by atoms with Crippen molar-refractivity contribution >= 4 is 51.0 Å². The second-order valence-corrected chi connectivity index (χ2v) is 9.98. The van der Waals surface area contributed by atoms with Crippen LogP contribution in [0.25, 0.3) is 0 Å². The number of hydrogen-bond acceptors (Lipinski definition) is 5. The summed E-state index contributed by atoms with van der Waals surface area (Å²) < 4.78 is 33.1. The number of benzene rings is 3. The van der Waals surface area contributed by atoms with Gasteiger partial charge in [-0.2, -0.15) is 5.10 Å². The molecule has 0 saturated carbocycles. The van der Waals surface area contributed by atoms with Gasteiger partial charge < -0.3 is 4.74 Å². The first-order valence-corrected chi connectivity index (χ1v) is 12.5. The zero-order valence-corrected chi connectivity index (χ0v) is 20.9. The zero-order chi connectivity index (χ0) is 24.7. The molecule has 0 fully saturated rings. The number of amides is 1. The summed E-state index contributed by atoms with van der Waals surface area (Å²) in [4.78, 5) is 12.7. The number of hydrazone groups is 1. The average Bonchev–Trinajstić information content (AvgIpc) is 2.78. The van der Waals surface area contributed by atoms with E-state index >= 15 is 0 Å². The molecule has 0 unspecified atom stereocenters. The van der Waals surface area contributed by atoms with E-state index in [1.807, 2.05) is 13.8 Å². The molecule has 0 heterocycles. The number of rotatable bonds is 9. The Morgan fingerprint density at radius 3 is 2.24 bits per heavy atom. The van der Waals surface area contributed by atoms with E-state index in [0.717, 1.165) is 21.2 Å². The van der Waals surface area contributed by atoms with E-state index in [0.29, 0.717) is 6.61 Å². The van der Waals surface area contributed by atoms with Crippen LogP contribution in [0.5, 0.6) is 5.75 Å². The predicted molar refractivity (Wildman–Crippen MR) is 136 cm³/mol. The number of carbonyl (C=O) groups is 1. The van der Waals surface area contributed by atoms with Crippen molar-refractivity contribution in [2.75, 3.05) is 17.5 Å². The molecule has 3 aromatic rings. The van der Waals surface area contributed by atoms with E-state index in [4.69, 9.17) is 27.9 Å². The first kappa shape index (κ1) is 25.6. The Labute approximate surface area is 209 Å². The highest BCUT2D eigenvalue weighted by atomic mass is 35.5. The Kier molecular flexibility index (Phi) is 8.55. The number of halogens is 2. The van der Waals surface area contributed by atoms with Gasteiger partial charge in [0.25, 0.3) is 15.9 Å². The largest absolute Gasteiger partial charge is 0.494 e. The van der Waals surface area contributed by atoms with E-state index in [2.05, 4.69) is 10.5 Å². The van der Waals surface area contributed by atoms with Gasteiger partial charge in [-0.05, 0) is 74.0 Å². The van der Waals surface area contributed by atoms with E-state index in [1.165, 1.54) is 36.5 Å². The second kappa shape index (κ2) is 11.4. The molecular weight excluding hydrogens is 497 g/mol. The number of nitrogens with one attached hydrogen (secondary N) is 1. The fraction of sp³-hybridized carbons (Fsp3) is 0.167. The molecule has 0 bridgehead atoms. The maximum atomic E-state index is 13.4. The molecule has 7 nitrogen and oxygen atoms in total. The first-order valence-electron chi connectivity index (χ1n) is 10.3. The maximum absolute atomic E-state index is 13.4. The van der Waals surface area contributed by atoms with Crippen molar-refractivity contribution in [2.24, 2.45) is 5.10 Å². The molecular formula is C24H23Cl2N3O4S. The standard InChI is InChI=1S/C24H23Cl2N3O4S/c1-3-33-22-8-6-18(7-9-22)15-27-28-24(30)16-29(21-13-19(25)12-20(26)14-21)34(31,32)23-10-4-17(2)5-11-23/h4-15H,3,16H2,1-2H3,(H,28,30)/b27-15-. The molecule has 3 aromatic carbocycles. The minimum Gasteiger partial charge on any atom is -0.494 e. The molecule has 178 valence electrons. The lowest BCUT2D eigenvalue weighted by atomic mass is 10.2. The fourth-order valence-electron chi connectivity index (χ4n) is 3.00. The Morgan fingerprint density at radius 2 is 1.65 bits per heavy atom. The number of nitrogens with zero attached hydrogens (tertiary/aromatic N) is 2. The predicted octanol–water partition coefficient (Wildman–Crippen LogP) is 5.05. The van der Waals surface area contributed by atoms with Crippen molar-refractivity contribution in [1.29, 1.82) is 0 Å². The van der Waals surface area contributed by atoms with Gasteiger partial charge in [-0.3, -0.25) is 9.10 Å². The lowest BCUT2D eigenvalue weighted by Crippen LogP contribution is -2.39. The third-order valence-corrected chi connectivity index (χ3v) is 6.85. The summed E-state index contributed by atoms with van der Waals surface area (Å²) >= 11 is 12.2. The number of sulfonamides is 1. The summed E-state index contributed by atoms with van der Waals surface area (Å²) in [5.41, 5.74) is 4.15. The Balaban J connectivity index is 1.82. The summed E-state index contributed by atoms with van der Waals surface area (Å²) in [6, 6.07) is 17.8. The van der Waals surface area contributed by atoms with Crippen LogP contribution >= 0.6 is 23.2 Å². The molecule has 0 aliphatic heterocycles. The van der Waals surface area contributed by atoms with Crippen LogP contribution in [0.1, 0.15) is 18.1 Å². The summed E-state index contributed by atoms with van der Waals surface area (Å²) in [6.45, 7) is 3.77. The van der Waals surface area contributed by atoms with E-state index in [9.17, 15) is 13.2 Å². The van der Waals surface area contributed by atoms with Gasteiger partial charge in [-0.25, -0.2) is 13.8 Å². The van der Waals surface area contributed by atoms with Gasteiger partial charge in [-0.1, -0.05) is 40.9 Å². The third-order valence-electron chi connectivity index (χ3n) is 4.63. The van der Waals surface area contributed by atoms with Gasteiger partial charge >= 0.3 is 0 Å². The zero-order valence-electron chi connectivity index (χ0n) is 18.5. The quantitative estimate of drug-likeness (QED) is 0.316. The molecule has 0 radical (unpaired) electrons. The molecule has 0 spiro atoms. The number of anilines is 1. The first-order chi connectivity index (χ1) is 16.2. The van der Waals surface area contributed by atoms with Gasteiger partial charge in [0.2, 0.25) is 0 Å². The molecule has 0 aromatic heterocycles. The lowest BCUT2D eigenvalue weighted by Gasteiger charge is -2.24. The van der Waals surface area contributed by atoms with Crippen LogP contribution in [-0.4, -0.2) is 33.7 Å². The van der Waals surface area contributed by atoms with Crippen LogP contribution in [0.4, 0.5) is 5.69 Å². The minimum absolute atomic E-state index is 0.0277. The molecule has 0 aliphatic rings. The smallest absolute Gasteiger partial charge is 0.264 e. The second-order valence-electron chi connectivity index (χ2n) is 7.25. The van der Waals surface area contributed by atoms with Gasteiger partial charge in [0, 0.05) is 10.0 Å². The fourth-order valence-corrected chi connectivity index (χ4v) is 4.92. The summed E-state index contributed by atoms with van der Waals surface area (Å²) in [5.74, 6) is 0.0785. The molecule has 0 atom stereocenters. The number of carbonyl (C=O) groups excluding carboxylic acids is 1. The molecule has 0 saturated heterocycles.